The topological polar surface area (TPSA) is 139 Å². The molecule has 0 radical (unpaired) electrons. The van der Waals surface area contributed by atoms with Crippen LogP contribution in [0.4, 0.5) is 5.95 Å². The Morgan fingerprint density at radius 2 is 2.12 bits per heavy atom. The second kappa shape index (κ2) is 8.43. The summed E-state index contributed by atoms with van der Waals surface area (Å²) in [6, 6.07) is 0. The van der Waals surface area contributed by atoms with Crippen molar-refractivity contribution in [2.45, 2.75) is 45.6 Å². The molecule has 8 heteroatoms. The van der Waals surface area contributed by atoms with Crippen molar-refractivity contribution in [3.05, 3.63) is 63.8 Å². The Labute approximate surface area is 192 Å². The lowest BCUT2D eigenvalue weighted by atomic mass is 9.46. The lowest BCUT2D eigenvalue weighted by Crippen LogP contribution is -2.57. The van der Waals surface area contributed by atoms with Gasteiger partial charge in [0, 0.05) is 17.5 Å². The molecule has 2 heterocycles. The number of carbonyl (C=O) groups excluding carboxylic acids is 1. The van der Waals surface area contributed by atoms with Crippen LogP contribution in [0.25, 0.3) is 6.08 Å². The van der Waals surface area contributed by atoms with Crippen molar-refractivity contribution >= 4 is 18.0 Å². The number of aliphatic hydroxyl groups is 2. The molecule has 2 unspecified atom stereocenters. The zero-order valence-corrected chi connectivity index (χ0v) is 19.0. The highest BCUT2D eigenvalue weighted by Crippen LogP contribution is 2.61. The highest BCUT2D eigenvalue weighted by molar-refractivity contribution is 5.96. The normalized spacial score (nSPS) is 35.6. The molecule has 1 aromatic rings. The first kappa shape index (κ1) is 23.2. The molecule has 33 heavy (non-hydrogen) atoms. The smallest absolute Gasteiger partial charge is 0.343 e. The van der Waals surface area contributed by atoms with Crippen LogP contribution < -0.4 is 11.3 Å². The molecule has 1 aliphatic heterocycles. The lowest BCUT2D eigenvalue weighted by molar-refractivity contribution is -0.145. The standard InChI is InChI=1S/C25H31N3O5/c1-14-4-7-19-24(2,9-8-20(30)25(19,3)13-29)18(14)6-5-15-10-17(33-22(15)32)11-16-12-27-23(26)28-21(16)31/h5-6,10-12,18-20,29-30H,1,4,7-9,13H2,2-3H3,(H3,26,27,28,31)/t18?,19?,20-,24-,25+/m1/s1. The van der Waals surface area contributed by atoms with E-state index in [-0.39, 0.29) is 41.1 Å². The van der Waals surface area contributed by atoms with Crippen LogP contribution in [0, 0.1) is 22.7 Å². The summed E-state index contributed by atoms with van der Waals surface area (Å²) in [6.45, 7) is 8.40. The summed E-state index contributed by atoms with van der Waals surface area (Å²) in [5.41, 5.74) is 5.98. The van der Waals surface area contributed by atoms with Gasteiger partial charge in [-0.25, -0.2) is 9.78 Å². The molecule has 0 amide bonds. The number of anilines is 1. The van der Waals surface area contributed by atoms with Crippen LogP contribution in [0.2, 0.25) is 0 Å². The molecular formula is C25H31N3O5. The van der Waals surface area contributed by atoms with E-state index < -0.39 is 23.0 Å². The van der Waals surface area contributed by atoms with Crippen LogP contribution in [0.15, 0.2) is 52.7 Å². The number of aromatic amines is 1. The molecule has 2 aliphatic carbocycles. The number of nitrogen functional groups attached to an aromatic ring is 1. The summed E-state index contributed by atoms with van der Waals surface area (Å²) in [6.07, 6.45) is 10.7. The van der Waals surface area contributed by atoms with Crippen LogP contribution in [0.5, 0.6) is 0 Å². The van der Waals surface area contributed by atoms with Crippen molar-refractivity contribution < 1.29 is 19.7 Å². The zero-order chi connectivity index (χ0) is 24.0. The van der Waals surface area contributed by atoms with Gasteiger partial charge in [-0.05, 0) is 49.2 Å². The fraction of sp³-hybridized carbons (Fsp3) is 0.480. The van der Waals surface area contributed by atoms with E-state index in [4.69, 9.17) is 10.5 Å². The average Bonchev–Trinajstić information content (AvgIpc) is 3.11. The number of aliphatic hydroxyl groups excluding tert-OH is 2. The number of allylic oxidation sites excluding steroid dienone is 3. The maximum absolute atomic E-state index is 12.4. The van der Waals surface area contributed by atoms with Gasteiger partial charge in [0.05, 0.1) is 23.8 Å². The molecule has 0 aromatic carbocycles. The summed E-state index contributed by atoms with van der Waals surface area (Å²) >= 11 is 0. The van der Waals surface area contributed by atoms with Crippen molar-refractivity contribution in [3.8, 4) is 0 Å². The van der Waals surface area contributed by atoms with E-state index >= 15 is 0 Å². The third-order valence-electron chi connectivity index (χ3n) is 7.91. The Hall–Kier alpha value is -2.97. The first-order valence-corrected chi connectivity index (χ1v) is 11.2. The molecule has 0 saturated heterocycles. The number of hydrogen-bond acceptors (Lipinski definition) is 7. The van der Waals surface area contributed by atoms with Crippen molar-refractivity contribution in [2.75, 3.05) is 12.3 Å². The predicted molar refractivity (Wildman–Crippen MR) is 124 cm³/mol. The number of cyclic esters (lactones) is 1. The van der Waals surface area contributed by atoms with E-state index in [0.29, 0.717) is 12.0 Å². The third-order valence-corrected chi connectivity index (χ3v) is 7.91. The summed E-state index contributed by atoms with van der Waals surface area (Å²) in [7, 11) is 0. The van der Waals surface area contributed by atoms with Gasteiger partial charge < -0.3 is 20.7 Å². The van der Waals surface area contributed by atoms with Crippen LogP contribution in [-0.4, -0.2) is 38.9 Å². The number of rotatable bonds is 4. The number of ether oxygens (including phenoxy) is 1. The molecule has 5 N–H and O–H groups in total. The summed E-state index contributed by atoms with van der Waals surface area (Å²) in [5, 5.41) is 20.8. The van der Waals surface area contributed by atoms with Gasteiger partial charge in [0.2, 0.25) is 0 Å². The van der Waals surface area contributed by atoms with Gasteiger partial charge in [-0.1, -0.05) is 38.2 Å². The molecular weight excluding hydrogens is 422 g/mol. The number of nitrogens with zero attached hydrogens (tertiary/aromatic N) is 1. The number of H-pyrrole nitrogens is 1. The Morgan fingerprint density at radius 3 is 2.82 bits per heavy atom. The third kappa shape index (κ3) is 3.98. The number of fused-ring (bicyclic) bond motifs is 1. The van der Waals surface area contributed by atoms with E-state index in [0.717, 1.165) is 24.8 Å². The van der Waals surface area contributed by atoms with E-state index in [9.17, 15) is 19.8 Å². The second-order valence-corrected chi connectivity index (χ2v) is 9.90. The molecule has 0 bridgehead atoms. The number of carbonyl (C=O) groups is 1. The molecule has 1 aromatic heterocycles. The van der Waals surface area contributed by atoms with Crippen LogP contribution in [0.1, 0.15) is 45.1 Å². The van der Waals surface area contributed by atoms with Crippen molar-refractivity contribution in [1.82, 2.24) is 9.97 Å². The van der Waals surface area contributed by atoms with E-state index in [2.05, 4.69) is 23.5 Å². The number of hydrogen-bond donors (Lipinski definition) is 4. The molecule has 8 nitrogen and oxygen atoms in total. The van der Waals surface area contributed by atoms with Crippen LogP contribution in [-0.2, 0) is 9.53 Å². The highest BCUT2D eigenvalue weighted by Gasteiger charge is 2.57. The Kier molecular flexibility index (Phi) is 5.92. The molecule has 4 rings (SSSR count). The second-order valence-electron chi connectivity index (χ2n) is 9.90. The Bertz CT molecular complexity index is 1130. The maximum atomic E-state index is 12.4. The minimum Gasteiger partial charge on any atom is -0.423 e. The largest absolute Gasteiger partial charge is 0.423 e. The van der Waals surface area contributed by atoms with E-state index in [1.54, 1.807) is 12.2 Å². The highest BCUT2D eigenvalue weighted by atomic mass is 16.5. The van der Waals surface area contributed by atoms with Gasteiger partial charge in [0.25, 0.3) is 5.56 Å². The van der Waals surface area contributed by atoms with Gasteiger partial charge in [-0.2, -0.15) is 0 Å². The predicted octanol–water partition coefficient (Wildman–Crippen LogP) is 2.47. The molecule has 3 aliphatic rings. The van der Waals surface area contributed by atoms with Gasteiger partial charge >= 0.3 is 5.97 Å². The maximum Gasteiger partial charge on any atom is 0.343 e. The van der Waals surface area contributed by atoms with Gasteiger partial charge in [0.15, 0.2) is 5.95 Å². The minimum atomic E-state index is -0.568. The number of nitrogens with two attached hydrogens (primary N) is 1. The van der Waals surface area contributed by atoms with Gasteiger partial charge in [-0.3, -0.25) is 9.78 Å². The molecule has 2 fully saturated rings. The first-order chi connectivity index (χ1) is 15.6. The van der Waals surface area contributed by atoms with Gasteiger partial charge in [0.1, 0.15) is 5.76 Å². The summed E-state index contributed by atoms with van der Waals surface area (Å²) < 4.78 is 5.30. The minimum absolute atomic E-state index is 0.000461. The van der Waals surface area contributed by atoms with Crippen LogP contribution >= 0.6 is 0 Å². The fourth-order valence-electron chi connectivity index (χ4n) is 5.96. The van der Waals surface area contributed by atoms with Crippen molar-refractivity contribution in [1.29, 1.82) is 0 Å². The Morgan fingerprint density at radius 1 is 1.36 bits per heavy atom. The number of nitrogens with one attached hydrogen (secondary N) is 1. The van der Waals surface area contributed by atoms with E-state index in [1.165, 1.54) is 12.3 Å². The molecule has 0 spiro atoms. The molecule has 2 saturated carbocycles. The van der Waals surface area contributed by atoms with Gasteiger partial charge in [-0.15, -0.1) is 0 Å². The zero-order valence-electron chi connectivity index (χ0n) is 19.0. The van der Waals surface area contributed by atoms with Crippen molar-refractivity contribution in [2.24, 2.45) is 22.7 Å². The summed E-state index contributed by atoms with van der Waals surface area (Å²) in [4.78, 5) is 30.7. The monoisotopic (exact) mass is 453 g/mol. The average molecular weight is 454 g/mol. The molecule has 176 valence electrons. The molecule has 5 atom stereocenters. The Balaban J connectivity index is 1.61. The lowest BCUT2D eigenvalue weighted by Gasteiger charge is -2.59. The van der Waals surface area contributed by atoms with Crippen molar-refractivity contribution in [3.63, 3.8) is 0 Å². The SMILES string of the molecule is C=C1CCC2[C@](C)(CC[C@@H](O)[C@@]2(C)CO)C1C=CC1=CC(=Cc2cnc(N)[nH]c2=O)OC1=O. The number of esters is 1. The number of aromatic nitrogens is 2. The summed E-state index contributed by atoms with van der Waals surface area (Å²) in [5.74, 6) is -0.113. The quantitative estimate of drug-likeness (QED) is 0.406. The van der Waals surface area contributed by atoms with E-state index in [1.807, 2.05) is 13.0 Å². The fourth-order valence-corrected chi connectivity index (χ4v) is 5.96. The van der Waals surface area contributed by atoms with Crippen LogP contribution in [0.3, 0.4) is 0 Å². The first-order valence-electron chi connectivity index (χ1n) is 11.2.